The second-order valence-electron chi connectivity index (χ2n) is 4.48. The summed E-state index contributed by atoms with van der Waals surface area (Å²) in [6.45, 7) is 2.50. The number of nitrogens with two attached hydrogens (primary N) is 1. The highest BCUT2D eigenvalue weighted by Gasteiger charge is 2.11. The number of nitrogens with zero attached hydrogens (tertiary/aromatic N) is 1. The number of hydrogen-bond donors (Lipinski definition) is 2. The zero-order valence-corrected chi connectivity index (χ0v) is 13.0. The van der Waals surface area contributed by atoms with Gasteiger partial charge >= 0.3 is 0 Å². The Kier molecular flexibility index (Phi) is 5.48. The molecule has 7 heteroatoms. The van der Waals surface area contributed by atoms with Gasteiger partial charge in [-0.15, -0.1) is 0 Å². The summed E-state index contributed by atoms with van der Waals surface area (Å²) in [5.41, 5.74) is 6.13. The Morgan fingerprint density at radius 2 is 2.14 bits per heavy atom. The molecule has 0 spiro atoms. The van der Waals surface area contributed by atoms with E-state index in [1.165, 1.54) is 6.20 Å². The highest BCUT2D eigenvalue weighted by atomic mass is 32.1. The molecular weight excluding hydrogens is 302 g/mol. The molecule has 22 heavy (non-hydrogen) atoms. The van der Waals surface area contributed by atoms with Crippen molar-refractivity contribution in [1.82, 2.24) is 4.98 Å². The molecule has 2 rings (SSSR count). The Hall–Kier alpha value is -2.41. The molecule has 0 aliphatic rings. The highest BCUT2D eigenvalue weighted by Crippen LogP contribution is 2.21. The summed E-state index contributed by atoms with van der Waals surface area (Å²) in [6.07, 6.45) is 2.22. The van der Waals surface area contributed by atoms with Crippen LogP contribution in [-0.4, -0.2) is 23.4 Å². The number of aryl methyl sites for hydroxylation is 1. The molecule has 1 heterocycles. The van der Waals surface area contributed by atoms with Gasteiger partial charge in [-0.1, -0.05) is 29.5 Å². The highest BCUT2D eigenvalue weighted by molar-refractivity contribution is 7.17. The van der Waals surface area contributed by atoms with Crippen molar-refractivity contribution in [1.29, 1.82) is 0 Å². The van der Waals surface area contributed by atoms with Gasteiger partial charge in [0.25, 0.3) is 5.91 Å². The van der Waals surface area contributed by atoms with Gasteiger partial charge in [-0.05, 0) is 25.0 Å². The SMILES string of the molecule is CCOc1ccccc1CCC(=O)Nc1ncc(C(N)=O)s1. The molecule has 0 saturated heterocycles. The molecule has 1 aromatic carbocycles. The number of carbonyl (C=O) groups is 2. The van der Waals surface area contributed by atoms with E-state index in [-0.39, 0.29) is 5.91 Å². The van der Waals surface area contributed by atoms with Gasteiger partial charge in [0.1, 0.15) is 10.6 Å². The van der Waals surface area contributed by atoms with Crippen LogP contribution in [0.25, 0.3) is 0 Å². The molecule has 0 aliphatic carbocycles. The minimum Gasteiger partial charge on any atom is -0.494 e. The van der Waals surface area contributed by atoms with Crippen molar-refractivity contribution in [3.63, 3.8) is 0 Å². The van der Waals surface area contributed by atoms with Crippen molar-refractivity contribution >= 4 is 28.3 Å². The quantitative estimate of drug-likeness (QED) is 0.818. The third kappa shape index (κ3) is 4.29. The van der Waals surface area contributed by atoms with Crippen LogP contribution in [0.3, 0.4) is 0 Å². The van der Waals surface area contributed by atoms with Crippen LogP contribution in [0.1, 0.15) is 28.6 Å². The fraction of sp³-hybridized carbons (Fsp3) is 0.267. The fourth-order valence-electron chi connectivity index (χ4n) is 1.88. The Morgan fingerprint density at radius 1 is 1.36 bits per heavy atom. The normalized spacial score (nSPS) is 10.2. The lowest BCUT2D eigenvalue weighted by Gasteiger charge is -2.09. The second-order valence-corrected chi connectivity index (χ2v) is 5.51. The number of ether oxygens (including phenoxy) is 1. The number of aromatic nitrogens is 1. The number of anilines is 1. The smallest absolute Gasteiger partial charge is 0.260 e. The minimum atomic E-state index is -0.552. The number of nitrogens with one attached hydrogen (secondary N) is 1. The van der Waals surface area contributed by atoms with Crippen LogP contribution in [0.15, 0.2) is 30.5 Å². The number of hydrogen-bond acceptors (Lipinski definition) is 5. The van der Waals surface area contributed by atoms with E-state index in [9.17, 15) is 9.59 Å². The van der Waals surface area contributed by atoms with Crippen LogP contribution in [0.2, 0.25) is 0 Å². The minimum absolute atomic E-state index is 0.170. The van der Waals surface area contributed by atoms with Crippen LogP contribution >= 0.6 is 11.3 Å². The first kappa shape index (κ1) is 16.0. The van der Waals surface area contributed by atoms with E-state index < -0.39 is 5.91 Å². The van der Waals surface area contributed by atoms with Crippen molar-refractivity contribution in [2.45, 2.75) is 19.8 Å². The van der Waals surface area contributed by atoms with Gasteiger partial charge in [0, 0.05) is 6.42 Å². The van der Waals surface area contributed by atoms with E-state index in [1.54, 1.807) is 0 Å². The molecule has 2 amide bonds. The molecule has 1 aromatic heterocycles. The van der Waals surface area contributed by atoms with Gasteiger partial charge in [-0.25, -0.2) is 4.98 Å². The topological polar surface area (TPSA) is 94.3 Å². The van der Waals surface area contributed by atoms with E-state index in [0.717, 1.165) is 22.6 Å². The summed E-state index contributed by atoms with van der Waals surface area (Å²) >= 11 is 1.06. The second kappa shape index (κ2) is 7.56. The van der Waals surface area contributed by atoms with E-state index in [2.05, 4.69) is 10.3 Å². The van der Waals surface area contributed by atoms with Crippen molar-refractivity contribution in [3.8, 4) is 5.75 Å². The summed E-state index contributed by atoms with van der Waals surface area (Å²) < 4.78 is 5.52. The van der Waals surface area contributed by atoms with Crippen LogP contribution in [0.4, 0.5) is 5.13 Å². The number of thiazole rings is 1. The van der Waals surface area contributed by atoms with Crippen molar-refractivity contribution in [3.05, 3.63) is 40.9 Å². The number of primary amides is 1. The van der Waals surface area contributed by atoms with Crippen LogP contribution in [0, 0.1) is 0 Å². The molecule has 0 fully saturated rings. The van der Waals surface area contributed by atoms with E-state index in [1.807, 2.05) is 31.2 Å². The molecule has 0 saturated carbocycles. The first-order valence-electron chi connectivity index (χ1n) is 6.86. The van der Waals surface area contributed by atoms with Crippen molar-refractivity contribution in [2.24, 2.45) is 5.73 Å². The number of para-hydroxylation sites is 1. The molecule has 0 bridgehead atoms. The predicted molar refractivity (Wildman–Crippen MR) is 85.2 cm³/mol. The van der Waals surface area contributed by atoms with Crippen molar-refractivity contribution in [2.75, 3.05) is 11.9 Å². The third-order valence-electron chi connectivity index (χ3n) is 2.89. The molecule has 3 N–H and O–H groups in total. The maximum atomic E-state index is 11.9. The number of benzene rings is 1. The largest absolute Gasteiger partial charge is 0.494 e. The summed E-state index contributed by atoms with van der Waals surface area (Å²) in [7, 11) is 0. The Balaban J connectivity index is 1.91. The maximum Gasteiger partial charge on any atom is 0.260 e. The van der Waals surface area contributed by atoms with Crippen LogP contribution in [-0.2, 0) is 11.2 Å². The summed E-state index contributed by atoms with van der Waals surface area (Å²) in [5.74, 6) is 0.0726. The predicted octanol–water partition coefficient (Wildman–Crippen LogP) is 2.21. The van der Waals surface area contributed by atoms with Crippen LogP contribution in [0.5, 0.6) is 5.75 Å². The van der Waals surface area contributed by atoms with Crippen LogP contribution < -0.4 is 15.8 Å². The Bertz CT molecular complexity index is 670. The number of carbonyl (C=O) groups excluding carboxylic acids is 2. The lowest BCUT2D eigenvalue weighted by molar-refractivity contribution is -0.116. The van der Waals surface area contributed by atoms with Gasteiger partial charge in [0.05, 0.1) is 12.8 Å². The number of amides is 2. The zero-order chi connectivity index (χ0) is 15.9. The molecule has 0 aliphatic heterocycles. The van der Waals surface area contributed by atoms with Gasteiger partial charge in [0.2, 0.25) is 5.91 Å². The van der Waals surface area contributed by atoms with Crippen molar-refractivity contribution < 1.29 is 14.3 Å². The van der Waals surface area contributed by atoms with Gasteiger partial charge < -0.3 is 15.8 Å². The molecule has 0 radical (unpaired) electrons. The fourth-order valence-corrected chi connectivity index (χ4v) is 2.57. The lowest BCUT2D eigenvalue weighted by Crippen LogP contribution is -2.12. The molecule has 0 unspecified atom stereocenters. The first-order valence-corrected chi connectivity index (χ1v) is 7.68. The number of rotatable bonds is 7. The summed E-state index contributed by atoms with van der Waals surface area (Å²) in [4.78, 5) is 27.2. The third-order valence-corrected chi connectivity index (χ3v) is 3.82. The molecule has 0 atom stereocenters. The first-order chi connectivity index (χ1) is 10.6. The monoisotopic (exact) mass is 319 g/mol. The maximum absolute atomic E-state index is 11.9. The Morgan fingerprint density at radius 3 is 2.82 bits per heavy atom. The Labute approximate surface area is 132 Å². The standard InChI is InChI=1S/C15H17N3O3S/c1-2-21-11-6-4-3-5-10(11)7-8-13(19)18-15-17-9-12(22-15)14(16)20/h3-6,9H,2,7-8H2,1H3,(H2,16,20)(H,17,18,19). The molecule has 2 aromatic rings. The molecular formula is C15H17N3O3S. The van der Waals surface area contributed by atoms with Gasteiger partial charge in [-0.3, -0.25) is 9.59 Å². The van der Waals surface area contributed by atoms with E-state index in [0.29, 0.717) is 29.5 Å². The summed E-state index contributed by atoms with van der Waals surface area (Å²) in [6, 6.07) is 7.63. The average Bonchev–Trinajstić information content (AvgIpc) is 2.95. The zero-order valence-electron chi connectivity index (χ0n) is 12.2. The lowest BCUT2D eigenvalue weighted by atomic mass is 10.1. The van der Waals surface area contributed by atoms with Gasteiger partial charge in [0.15, 0.2) is 5.13 Å². The molecule has 6 nitrogen and oxygen atoms in total. The summed E-state index contributed by atoms with van der Waals surface area (Å²) in [5, 5.41) is 3.03. The van der Waals surface area contributed by atoms with Gasteiger partial charge in [-0.2, -0.15) is 0 Å². The molecule has 116 valence electrons. The average molecular weight is 319 g/mol. The van der Waals surface area contributed by atoms with E-state index >= 15 is 0 Å². The van der Waals surface area contributed by atoms with E-state index in [4.69, 9.17) is 10.5 Å².